The summed E-state index contributed by atoms with van der Waals surface area (Å²) >= 11 is 0. The van der Waals surface area contributed by atoms with Crippen molar-refractivity contribution in [3.05, 3.63) is 76.7 Å². The molecule has 3 aromatic rings. The Morgan fingerprint density at radius 1 is 1.10 bits per heavy atom. The highest BCUT2D eigenvalue weighted by Gasteiger charge is 2.31. The zero-order chi connectivity index (χ0) is 21.7. The van der Waals surface area contributed by atoms with Gasteiger partial charge in [0.2, 0.25) is 11.7 Å². The van der Waals surface area contributed by atoms with Gasteiger partial charge in [0.05, 0.1) is 5.69 Å². The fourth-order valence-corrected chi connectivity index (χ4v) is 2.27. The first-order valence-electron chi connectivity index (χ1n) is 8.04. The largest absolute Gasteiger partial charge is 0.573 e. The van der Waals surface area contributed by atoms with Gasteiger partial charge in [-0.1, -0.05) is 0 Å². The number of aromatic nitrogens is 3. The fraction of sp³-hybridized carbons (Fsp3) is 0.0588. The lowest BCUT2D eigenvalue weighted by Crippen LogP contribution is -2.17. The van der Waals surface area contributed by atoms with Crippen LogP contribution in [0.5, 0.6) is 5.75 Å². The Kier molecular flexibility index (Phi) is 5.65. The van der Waals surface area contributed by atoms with E-state index >= 15 is 0 Å². The monoisotopic (exact) mass is 417 g/mol. The topological polar surface area (TPSA) is 135 Å². The minimum absolute atomic E-state index is 0.145. The number of carbonyl (C=O) groups excluding carboxylic acids is 2. The Bertz CT molecular complexity index is 1120. The third-order valence-electron chi connectivity index (χ3n) is 3.56. The van der Waals surface area contributed by atoms with Crippen molar-refractivity contribution in [2.75, 3.05) is 5.32 Å². The molecule has 0 spiro atoms. The van der Waals surface area contributed by atoms with Crippen molar-refractivity contribution in [1.82, 2.24) is 14.8 Å². The Morgan fingerprint density at radius 3 is 2.37 bits per heavy atom. The summed E-state index contributed by atoms with van der Waals surface area (Å²) in [6, 6.07) is 10.4. The fourth-order valence-electron chi connectivity index (χ4n) is 2.27. The molecular weight excluding hydrogens is 407 g/mol. The number of benzene rings is 2. The average molecular weight is 417 g/mol. The number of azide groups is 1. The molecule has 13 heteroatoms. The van der Waals surface area contributed by atoms with E-state index in [9.17, 15) is 22.8 Å². The highest BCUT2D eigenvalue weighted by molar-refractivity contribution is 6.02. The molecule has 0 aliphatic carbocycles. The number of carbonyl (C=O) groups is 2. The van der Waals surface area contributed by atoms with Crippen LogP contribution in [-0.2, 0) is 0 Å². The van der Waals surface area contributed by atoms with Gasteiger partial charge in [-0.2, -0.15) is 0 Å². The predicted octanol–water partition coefficient (Wildman–Crippen LogP) is 3.87. The van der Waals surface area contributed by atoms with E-state index in [0.717, 1.165) is 12.1 Å². The lowest BCUT2D eigenvalue weighted by atomic mass is 10.2. The van der Waals surface area contributed by atoms with Crippen LogP contribution in [0.4, 0.5) is 18.9 Å². The molecule has 10 nitrogen and oxygen atoms in total. The van der Waals surface area contributed by atoms with Crippen molar-refractivity contribution in [3.63, 3.8) is 0 Å². The number of nitrogens with one attached hydrogen (secondary N) is 1. The van der Waals surface area contributed by atoms with E-state index in [1.165, 1.54) is 47.4 Å². The van der Waals surface area contributed by atoms with Crippen LogP contribution < -0.4 is 10.1 Å². The number of hydrogen-bond acceptors (Lipinski definition) is 5. The van der Waals surface area contributed by atoms with Gasteiger partial charge in [0, 0.05) is 16.2 Å². The molecule has 0 saturated heterocycles. The van der Waals surface area contributed by atoms with Gasteiger partial charge in [0.1, 0.15) is 12.1 Å². The minimum Gasteiger partial charge on any atom is -0.406 e. The lowest BCUT2D eigenvalue weighted by molar-refractivity contribution is -0.274. The standard InChI is InChI=1S/C17H10F3N7O3/c18-17(19,20)30-13-7-5-12(6-8-13)27-9-22-14(25-27)16(29)23-11-3-1-10(2-4-11)15(28)24-26-21/h1-9H,(H,23,29). The molecule has 2 aromatic carbocycles. The normalized spacial score (nSPS) is 10.8. The molecule has 1 N–H and O–H groups in total. The van der Waals surface area contributed by atoms with Gasteiger partial charge in [-0.25, -0.2) is 9.67 Å². The van der Waals surface area contributed by atoms with E-state index in [1.807, 2.05) is 0 Å². The van der Waals surface area contributed by atoms with Crippen LogP contribution in [0.25, 0.3) is 16.1 Å². The maximum Gasteiger partial charge on any atom is 0.573 e. The highest BCUT2D eigenvalue weighted by Crippen LogP contribution is 2.23. The summed E-state index contributed by atoms with van der Waals surface area (Å²) in [5.41, 5.74) is 9.09. The van der Waals surface area contributed by atoms with Crippen molar-refractivity contribution in [3.8, 4) is 11.4 Å². The molecule has 0 unspecified atom stereocenters. The van der Waals surface area contributed by atoms with Crippen LogP contribution in [-0.4, -0.2) is 32.9 Å². The number of halogens is 3. The van der Waals surface area contributed by atoms with E-state index < -0.39 is 23.9 Å². The van der Waals surface area contributed by atoms with E-state index in [1.54, 1.807) is 0 Å². The molecule has 0 saturated carbocycles. The smallest absolute Gasteiger partial charge is 0.406 e. The second kappa shape index (κ2) is 8.32. The summed E-state index contributed by atoms with van der Waals surface area (Å²) in [4.78, 5) is 30.0. The number of rotatable bonds is 5. The van der Waals surface area contributed by atoms with Crippen LogP contribution in [0.1, 0.15) is 21.0 Å². The van der Waals surface area contributed by atoms with Crippen LogP contribution >= 0.6 is 0 Å². The van der Waals surface area contributed by atoms with Gasteiger partial charge in [0.15, 0.2) is 0 Å². The highest BCUT2D eigenvalue weighted by atomic mass is 19.4. The second-order valence-electron chi connectivity index (χ2n) is 5.58. The third kappa shape index (κ3) is 5.11. The molecule has 152 valence electrons. The van der Waals surface area contributed by atoms with Crippen LogP contribution in [0, 0.1) is 0 Å². The first-order valence-corrected chi connectivity index (χ1v) is 8.04. The molecule has 0 bridgehead atoms. The zero-order valence-electron chi connectivity index (χ0n) is 14.7. The molecule has 0 fully saturated rings. The van der Waals surface area contributed by atoms with Crippen molar-refractivity contribution in [1.29, 1.82) is 0 Å². The summed E-state index contributed by atoms with van der Waals surface area (Å²) in [7, 11) is 0. The molecule has 0 aliphatic heterocycles. The Morgan fingerprint density at radius 2 is 1.77 bits per heavy atom. The number of ether oxygens (including phenoxy) is 1. The summed E-state index contributed by atoms with van der Waals surface area (Å²) in [5, 5.41) is 9.45. The Balaban J connectivity index is 1.67. The SMILES string of the molecule is [N-]=[N+]=NC(=O)c1ccc(NC(=O)c2ncn(-c3ccc(OC(F)(F)F)cc3)n2)cc1. The van der Waals surface area contributed by atoms with E-state index in [0.29, 0.717) is 11.4 Å². The quantitative estimate of drug-likeness (QED) is 0.382. The van der Waals surface area contributed by atoms with E-state index in [2.05, 4.69) is 30.2 Å². The summed E-state index contributed by atoms with van der Waals surface area (Å²) in [6.07, 6.45) is -3.58. The molecule has 3 rings (SSSR count). The van der Waals surface area contributed by atoms with Crippen LogP contribution in [0.2, 0.25) is 0 Å². The molecule has 2 amide bonds. The van der Waals surface area contributed by atoms with E-state index in [-0.39, 0.29) is 11.4 Å². The van der Waals surface area contributed by atoms with Gasteiger partial charge >= 0.3 is 6.36 Å². The van der Waals surface area contributed by atoms with E-state index in [4.69, 9.17) is 5.53 Å². The Hall–Kier alpha value is -4.38. The summed E-state index contributed by atoms with van der Waals surface area (Å²) < 4.78 is 41.6. The summed E-state index contributed by atoms with van der Waals surface area (Å²) in [6.45, 7) is 0. The molecule has 30 heavy (non-hydrogen) atoms. The number of nitrogens with zero attached hydrogens (tertiary/aromatic N) is 6. The third-order valence-corrected chi connectivity index (χ3v) is 3.56. The average Bonchev–Trinajstić information content (AvgIpc) is 3.18. The molecule has 0 atom stereocenters. The molecule has 1 aromatic heterocycles. The van der Waals surface area contributed by atoms with Crippen molar-refractivity contribution in [2.24, 2.45) is 5.11 Å². The van der Waals surface area contributed by atoms with Gasteiger partial charge in [-0.3, -0.25) is 9.59 Å². The summed E-state index contributed by atoms with van der Waals surface area (Å²) in [5.74, 6) is -2.01. The predicted molar refractivity (Wildman–Crippen MR) is 95.9 cm³/mol. The van der Waals surface area contributed by atoms with Gasteiger partial charge in [-0.15, -0.1) is 18.3 Å². The second-order valence-corrected chi connectivity index (χ2v) is 5.58. The molecule has 1 heterocycles. The minimum atomic E-state index is -4.80. The van der Waals surface area contributed by atoms with Crippen molar-refractivity contribution >= 4 is 17.5 Å². The van der Waals surface area contributed by atoms with Crippen molar-refractivity contribution in [2.45, 2.75) is 6.36 Å². The first-order chi connectivity index (χ1) is 14.2. The number of amides is 2. The van der Waals surface area contributed by atoms with Gasteiger partial charge < -0.3 is 10.1 Å². The molecule has 0 radical (unpaired) electrons. The van der Waals surface area contributed by atoms with Gasteiger partial charge in [-0.05, 0) is 59.2 Å². The van der Waals surface area contributed by atoms with Crippen LogP contribution in [0.3, 0.4) is 0 Å². The maximum atomic E-state index is 12.3. The lowest BCUT2D eigenvalue weighted by Gasteiger charge is -2.09. The van der Waals surface area contributed by atoms with Crippen molar-refractivity contribution < 1.29 is 27.5 Å². The zero-order valence-corrected chi connectivity index (χ0v) is 14.7. The number of anilines is 1. The first kappa shape index (κ1) is 20.4. The number of alkyl halides is 3. The maximum absolute atomic E-state index is 12.3. The number of hydrogen-bond donors (Lipinski definition) is 1. The Labute approximate surface area is 165 Å². The van der Waals surface area contributed by atoms with Gasteiger partial charge in [0.25, 0.3) is 5.91 Å². The van der Waals surface area contributed by atoms with Crippen LogP contribution in [0.15, 0.2) is 60.0 Å². The molecular formula is C17H10F3N7O3. The molecule has 0 aliphatic rings.